The summed E-state index contributed by atoms with van der Waals surface area (Å²) in [6.45, 7) is 4.69. The molecule has 0 amide bonds. The third-order valence-corrected chi connectivity index (χ3v) is 8.09. The van der Waals surface area contributed by atoms with Crippen molar-refractivity contribution in [1.82, 2.24) is 14.5 Å². The molecule has 1 unspecified atom stereocenters. The minimum Gasteiger partial charge on any atom is -0.494 e. The van der Waals surface area contributed by atoms with E-state index in [0.717, 1.165) is 43.9 Å². The quantitative estimate of drug-likeness (QED) is 0.692. The fraction of sp³-hybridized carbons (Fsp3) is 0.667. The maximum atomic E-state index is 13.0. The van der Waals surface area contributed by atoms with Crippen molar-refractivity contribution in [2.24, 2.45) is 0 Å². The van der Waals surface area contributed by atoms with E-state index in [4.69, 9.17) is 4.74 Å². The van der Waals surface area contributed by atoms with Crippen molar-refractivity contribution in [2.75, 3.05) is 53.5 Å². The Kier molecular flexibility index (Phi) is 7.28. The van der Waals surface area contributed by atoms with Gasteiger partial charge in [-0.1, -0.05) is 0 Å². The summed E-state index contributed by atoms with van der Waals surface area (Å²) in [4.78, 5) is 14.3. The van der Waals surface area contributed by atoms with Gasteiger partial charge < -0.3 is 14.8 Å². The van der Waals surface area contributed by atoms with Crippen molar-refractivity contribution in [1.29, 1.82) is 0 Å². The van der Waals surface area contributed by atoms with Gasteiger partial charge in [0.05, 0.1) is 14.2 Å². The molecule has 0 aliphatic carbocycles. The van der Waals surface area contributed by atoms with Gasteiger partial charge >= 0.3 is 5.97 Å². The number of nitrogens with zero attached hydrogens (tertiary/aromatic N) is 2. The van der Waals surface area contributed by atoms with Gasteiger partial charge in [0.2, 0.25) is 0 Å². The smallest absolute Gasteiger partial charge is 0.348 e. The number of ether oxygens (including phenoxy) is 2. The molecule has 3 rings (SSSR count). The van der Waals surface area contributed by atoms with E-state index >= 15 is 0 Å². The van der Waals surface area contributed by atoms with E-state index in [2.05, 4.69) is 15.0 Å². The summed E-state index contributed by atoms with van der Waals surface area (Å²) in [6, 6.07) is 1.66. The molecule has 11 heteroatoms. The van der Waals surface area contributed by atoms with Gasteiger partial charge in [0.1, 0.15) is 4.88 Å². The molecule has 2 saturated heterocycles. The lowest BCUT2D eigenvalue weighted by molar-refractivity contribution is 0.0606. The van der Waals surface area contributed by atoms with Crippen molar-refractivity contribution < 1.29 is 22.7 Å². The third-order valence-electron chi connectivity index (χ3n) is 4.64. The number of hydrogen-bond donors (Lipinski definition) is 1. The number of halogens is 1. The van der Waals surface area contributed by atoms with Crippen molar-refractivity contribution in [2.45, 2.75) is 16.7 Å². The number of piperazine rings is 1. The summed E-state index contributed by atoms with van der Waals surface area (Å²) in [6.07, 6.45) is 0.816. The molecule has 2 aliphatic rings. The van der Waals surface area contributed by atoms with Gasteiger partial charge in [-0.3, -0.25) is 4.90 Å². The largest absolute Gasteiger partial charge is 0.494 e. The Morgan fingerprint density at radius 1 is 1.27 bits per heavy atom. The monoisotopic (exact) mass is 425 g/mol. The van der Waals surface area contributed by atoms with Gasteiger partial charge in [0, 0.05) is 51.4 Å². The SMILES string of the molecule is COC(=O)c1cc(OC)c(S(=O)(=O)N2CCC(N3CCNCC3)C2)s1.Cl. The topological polar surface area (TPSA) is 88.2 Å². The van der Waals surface area contributed by atoms with Crippen LogP contribution < -0.4 is 10.1 Å². The number of nitrogens with one attached hydrogen (secondary N) is 1. The van der Waals surface area contributed by atoms with Gasteiger partial charge in [-0.25, -0.2) is 13.2 Å². The first-order chi connectivity index (χ1) is 12.0. The van der Waals surface area contributed by atoms with E-state index in [9.17, 15) is 13.2 Å². The highest BCUT2D eigenvalue weighted by atomic mass is 35.5. The van der Waals surface area contributed by atoms with E-state index in [1.165, 1.54) is 24.6 Å². The van der Waals surface area contributed by atoms with Crippen LogP contribution in [-0.4, -0.2) is 83.1 Å². The van der Waals surface area contributed by atoms with Gasteiger partial charge in [0.25, 0.3) is 10.0 Å². The lowest BCUT2D eigenvalue weighted by Gasteiger charge is -2.32. The number of thiophene rings is 1. The number of carbonyl (C=O) groups excluding carboxylic acids is 1. The minimum absolute atomic E-state index is 0. The summed E-state index contributed by atoms with van der Waals surface area (Å²) in [5.41, 5.74) is 0. The van der Waals surface area contributed by atoms with Crippen LogP contribution in [-0.2, 0) is 14.8 Å². The van der Waals surface area contributed by atoms with Crippen LogP contribution in [0.5, 0.6) is 5.75 Å². The first-order valence-corrected chi connectivity index (χ1v) is 10.4. The van der Waals surface area contributed by atoms with Gasteiger partial charge in [-0.15, -0.1) is 23.7 Å². The van der Waals surface area contributed by atoms with Crippen LogP contribution >= 0.6 is 23.7 Å². The molecule has 1 N–H and O–H groups in total. The summed E-state index contributed by atoms with van der Waals surface area (Å²) in [5.74, 6) is -0.374. The molecule has 0 radical (unpaired) electrons. The highest BCUT2D eigenvalue weighted by Crippen LogP contribution is 2.37. The average molecular weight is 426 g/mol. The lowest BCUT2D eigenvalue weighted by atomic mass is 10.2. The molecule has 0 bridgehead atoms. The Bertz CT molecular complexity index is 734. The van der Waals surface area contributed by atoms with Crippen LogP contribution in [0.3, 0.4) is 0 Å². The number of esters is 1. The normalized spacial score (nSPS) is 22.0. The molecule has 2 aliphatic heterocycles. The predicted octanol–water partition coefficient (Wildman–Crippen LogP) is 0.633. The van der Waals surface area contributed by atoms with E-state index in [1.807, 2.05) is 0 Å². The van der Waals surface area contributed by atoms with Crippen LogP contribution in [0.4, 0.5) is 0 Å². The molecule has 0 aromatic carbocycles. The highest BCUT2D eigenvalue weighted by Gasteiger charge is 2.38. The Hall–Kier alpha value is -0.910. The Balaban J connectivity index is 0.00000243. The lowest BCUT2D eigenvalue weighted by Crippen LogP contribution is -2.49. The first-order valence-electron chi connectivity index (χ1n) is 8.18. The molecule has 8 nitrogen and oxygen atoms in total. The van der Waals surface area contributed by atoms with Gasteiger partial charge in [0.15, 0.2) is 9.96 Å². The van der Waals surface area contributed by atoms with Crippen LogP contribution in [0.2, 0.25) is 0 Å². The van der Waals surface area contributed by atoms with Crippen LogP contribution in [0.15, 0.2) is 10.3 Å². The van der Waals surface area contributed by atoms with E-state index in [-0.39, 0.29) is 33.3 Å². The maximum absolute atomic E-state index is 13.0. The number of hydrogen-bond acceptors (Lipinski definition) is 8. The molecule has 1 aromatic rings. The van der Waals surface area contributed by atoms with Crippen molar-refractivity contribution in [3.8, 4) is 5.75 Å². The van der Waals surface area contributed by atoms with Crippen molar-refractivity contribution >= 4 is 39.7 Å². The first kappa shape index (κ1) is 21.4. The molecule has 0 saturated carbocycles. The highest BCUT2D eigenvalue weighted by molar-refractivity contribution is 7.91. The second kappa shape index (κ2) is 8.85. The molecule has 3 heterocycles. The molecule has 0 spiro atoms. The third kappa shape index (κ3) is 4.15. The molecule has 1 aromatic heterocycles. The summed E-state index contributed by atoms with van der Waals surface area (Å²) >= 11 is 0.895. The number of methoxy groups -OCH3 is 2. The summed E-state index contributed by atoms with van der Waals surface area (Å²) < 4.78 is 37.5. The van der Waals surface area contributed by atoms with E-state index in [1.54, 1.807) is 0 Å². The molecular formula is C15H24ClN3O5S2. The predicted molar refractivity (Wildman–Crippen MR) is 101 cm³/mol. The number of carbonyl (C=O) groups is 1. The van der Waals surface area contributed by atoms with E-state index in [0.29, 0.717) is 13.1 Å². The molecular weight excluding hydrogens is 402 g/mol. The summed E-state index contributed by atoms with van der Waals surface area (Å²) in [5, 5.41) is 3.31. The maximum Gasteiger partial charge on any atom is 0.348 e. The second-order valence-electron chi connectivity index (χ2n) is 6.05. The molecule has 148 valence electrons. The fourth-order valence-corrected chi connectivity index (χ4v) is 6.40. The fourth-order valence-electron chi connectivity index (χ4n) is 3.27. The Morgan fingerprint density at radius 3 is 2.58 bits per heavy atom. The van der Waals surface area contributed by atoms with Crippen molar-refractivity contribution in [3.05, 3.63) is 10.9 Å². The van der Waals surface area contributed by atoms with E-state index < -0.39 is 16.0 Å². The van der Waals surface area contributed by atoms with Crippen LogP contribution in [0.1, 0.15) is 16.1 Å². The van der Waals surface area contributed by atoms with Gasteiger partial charge in [-0.05, 0) is 6.42 Å². The van der Waals surface area contributed by atoms with Crippen molar-refractivity contribution in [3.63, 3.8) is 0 Å². The Labute approximate surface area is 163 Å². The number of rotatable bonds is 5. The minimum atomic E-state index is -3.70. The standard InChI is InChI=1S/C15H23N3O5S2.ClH/c1-22-12-9-13(14(19)23-2)24-15(12)25(20,21)18-6-3-11(10-18)17-7-4-16-5-8-17;/h9,11,16H,3-8,10H2,1-2H3;1H. The second-order valence-corrected chi connectivity index (χ2v) is 9.23. The summed E-state index contributed by atoms with van der Waals surface area (Å²) in [7, 11) is -1.03. The molecule has 1 atom stereocenters. The van der Waals surface area contributed by atoms with Gasteiger partial charge in [-0.2, -0.15) is 4.31 Å². The molecule has 2 fully saturated rings. The zero-order chi connectivity index (χ0) is 18.0. The molecule has 26 heavy (non-hydrogen) atoms. The Morgan fingerprint density at radius 2 is 1.96 bits per heavy atom. The van der Waals surface area contributed by atoms with Crippen LogP contribution in [0.25, 0.3) is 0 Å². The zero-order valence-corrected chi connectivity index (χ0v) is 17.2. The average Bonchev–Trinajstić information content (AvgIpc) is 3.29. The number of sulfonamides is 1. The van der Waals surface area contributed by atoms with Crippen LogP contribution in [0, 0.1) is 0 Å². The zero-order valence-electron chi connectivity index (χ0n) is 14.8.